The standard InChI is InChI=1S/C18H20FN3O5S/c1-12(17(23)21(2)15-7-8-28(25,26)10-15)27-18(24)16-9-20-11-22(16)14-5-3-13(19)4-6-14/h3-6,9,11-12,15H,7-8,10H2,1-2H3/t12-,15-/m0/s1. The molecule has 2 atom stereocenters. The minimum absolute atomic E-state index is 0.0420. The van der Waals surface area contributed by atoms with E-state index in [9.17, 15) is 22.4 Å². The SMILES string of the molecule is C[C@H](OC(=O)c1cncn1-c1ccc(F)cc1)C(=O)N(C)[C@H]1CCS(=O)(=O)C1. The highest BCUT2D eigenvalue weighted by atomic mass is 32.2. The van der Waals surface area contributed by atoms with E-state index in [1.54, 1.807) is 0 Å². The second-order valence-electron chi connectivity index (χ2n) is 6.68. The van der Waals surface area contributed by atoms with Crippen LogP contribution in [0.1, 0.15) is 23.8 Å². The maximum Gasteiger partial charge on any atom is 0.357 e. The van der Waals surface area contributed by atoms with Crippen molar-refractivity contribution >= 4 is 21.7 Å². The smallest absolute Gasteiger partial charge is 0.357 e. The van der Waals surface area contributed by atoms with Crippen LogP contribution in [0, 0.1) is 5.82 Å². The number of carbonyl (C=O) groups is 2. The first kappa shape index (κ1) is 20.0. The third-order valence-electron chi connectivity index (χ3n) is 4.69. The van der Waals surface area contributed by atoms with Crippen LogP contribution in [0.25, 0.3) is 5.69 Å². The lowest BCUT2D eigenvalue weighted by molar-refractivity contribution is -0.140. The van der Waals surface area contributed by atoms with Gasteiger partial charge >= 0.3 is 5.97 Å². The molecule has 2 heterocycles. The third-order valence-corrected chi connectivity index (χ3v) is 6.44. The molecule has 1 amide bonds. The van der Waals surface area contributed by atoms with Crippen molar-refractivity contribution in [2.75, 3.05) is 18.6 Å². The fourth-order valence-electron chi connectivity index (χ4n) is 3.07. The van der Waals surface area contributed by atoms with Crippen molar-refractivity contribution < 1.29 is 27.1 Å². The molecule has 1 aliphatic heterocycles. The lowest BCUT2D eigenvalue weighted by Gasteiger charge is -2.26. The number of aromatic nitrogens is 2. The number of hydrogen-bond donors (Lipinski definition) is 0. The molecule has 28 heavy (non-hydrogen) atoms. The maximum atomic E-state index is 13.1. The normalized spacial score (nSPS) is 19.2. The van der Waals surface area contributed by atoms with Crippen LogP contribution in [0.2, 0.25) is 0 Å². The maximum absolute atomic E-state index is 13.1. The Labute approximate surface area is 161 Å². The number of ether oxygens (including phenoxy) is 1. The van der Waals surface area contributed by atoms with Crippen molar-refractivity contribution in [2.24, 2.45) is 0 Å². The van der Waals surface area contributed by atoms with Gasteiger partial charge in [-0.25, -0.2) is 22.6 Å². The molecule has 150 valence electrons. The minimum atomic E-state index is -3.14. The van der Waals surface area contributed by atoms with E-state index in [1.807, 2.05) is 0 Å². The zero-order valence-electron chi connectivity index (χ0n) is 15.4. The molecule has 3 rings (SSSR count). The Morgan fingerprint density at radius 1 is 1.32 bits per heavy atom. The summed E-state index contributed by atoms with van der Waals surface area (Å²) in [5.41, 5.74) is 0.593. The monoisotopic (exact) mass is 409 g/mol. The summed E-state index contributed by atoms with van der Waals surface area (Å²) in [4.78, 5) is 30.3. The largest absolute Gasteiger partial charge is 0.448 e. The van der Waals surface area contributed by atoms with Gasteiger partial charge in [0, 0.05) is 18.8 Å². The van der Waals surface area contributed by atoms with Crippen molar-refractivity contribution in [1.29, 1.82) is 0 Å². The van der Waals surface area contributed by atoms with Crippen molar-refractivity contribution in [3.8, 4) is 5.69 Å². The van der Waals surface area contributed by atoms with Gasteiger partial charge in [-0.2, -0.15) is 0 Å². The summed E-state index contributed by atoms with van der Waals surface area (Å²) in [5.74, 6) is -1.71. The van der Waals surface area contributed by atoms with Gasteiger partial charge in [0.2, 0.25) is 0 Å². The van der Waals surface area contributed by atoms with E-state index in [4.69, 9.17) is 4.74 Å². The van der Waals surface area contributed by atoms with E-state index < -0.39 is 39.7 Å². The molecule has 0 radical (unpaired) electrons. The summed E-state index contributed by atoms with van der Waals surface area (Å²) in [6.07, 6.45) is 1.93. The van der Waals surface area contributed by atoms with Crippen molar-refractivity contribution in [1.82, 2.24) is 14.5 Å². The second-order valence-corrected chi connectivity index (χ2v) is 8.91. The fraction of sp³-hybridized carbons (Fsp3) is 0.389. The van der Waals surface area contributed by atoms with Crippen LogP contribution in [0.5, 0.6) is 0 Å². The molecule has 2 aromatic rings. The molecule has 0 saturated carbocycles. The first-order valence-electron chi connectivity index (χ1n) is 8.64. The molecule has 1 aromatic carbocycles. The van der Waals surface area contributed by atoms with Crippen LogP contribution in [-0.2, 0) is 19.4 Å². The summed E-state index contributed by atoms with van der Waals surface area (Å²) >= 11 is 0. The highest BCUT2D eigenvalue weighted by molar-refractivity contribution is 7.91. The molecule has 0 bridgehead atoms. The number of benzene rings is 1. The number of halogens is 1. The molecular weight excluding hydrogens is 389 g/mol. The second kappa shape index (κ2) is 7.70. The Hall–Kier alpha value is -2.75. The fourth-order valence-corrected chi connectivity index (χ4v) is 4.85. The van der Waals surface area contributed by atoms with Crippen molar-refractivity contribution in [3.05, 3.63) is 48.3 Å². The number of carbonyl (C=O) groups excluding carboxylic acids is 2. The average molecular weight is 409 g/mol. The Morgan fingerprint density at radius 2 is 2.00 bits per heavy atom. The van der Waals surface area contributed by atoms with E-state index >= 15 is 0 Å². The van der Waals surface area contributed by atoms with Gasteiger partial charge in [0.15, 0.2) is 21.6 Å². The molecule has 0 aliphatic carbocycles. The molecule has 0 unspecified atom stereocenters. The van der Waals surface area contributed by atoms with Crippen LogP contribution in [0.3, 0.4) is 0 Å². The minimum Gasteiger partial charge on any atom is -0.448 e. The predicted molar refractivity (Wildman–Crippen MR) is 98.2 cm³/mol. The van der Waals surface area contributed by atoms with Crippen molar-refractivity contribution in [3.63, 3.8) is 0 Å². The summed E-state index contributed by atoms with van der Waals surface area (Å²) in [6.45, 7) is 1.43. The summed E-state index contributed by atoms with van der Waals surface area (Å²) in [5, 5.41) is 0. The van der Waals surface area contributed by atoms with Crippen LogP contribution >= 0.6 is 0 Å². The van der Waals surface area contributed by atoms with Gasteiger partial charge < -0.3 is 9.64 Å². The topological polar surface area (TPSA) is 98.6 Å². The first-order chi connectivity index (χ1) is 13.2. The van der Waals surface area contributed by atoms with Crippen LogP contribution in [0.15, 0.2) is 36.8 Å². The number of hydrogen-bond acceptors (Lipinski definition) is 6. The lowest BCUT2D eigenvalue weighted by atomic mass is 10.2. The van der Waals surface area contributed by atoms with Gasteiger partial charge in [0.05, 0.1) is 24.0 Å². The summed E-state index contributed by atoms with van der Waals surface area (Å²) in [6, 6.07) is 5.04. The van der Waals surface area contributed by atoms with Gasteiger partial charge in [0.25, 0.3) is 5.91 Å². The molecule has 0 N–H and O–H groups in total. The quantitative estimate of drug-likeness (QED) is 0.689. The van der Waals surface area contributed by atoms with E-state index in [-0.39, 0.29) is 17.2 Å². The van der Waals surface area contributed by atoms with Gasteiger partial charge in [-0.15, -0.1) is 0 Å². The number of rotatable bonds is 5. The molecule has 8 nitrogen and oxygen atoms in total. The Balaban J connectivity index is 1.69. The third kappa shape index (κ3) is 4.22. The number of imidazole rings is 1. The van der Waals surface area contributed by atoms with Gasteiger partial charge in [0.1, 0.15) is 5.82 Å². The molecule has 0 spiro atoms. The molecule has 1 aromatic heterocycles. The highest BCUT2D eigenvalue weighted by Crippen LogP contribution is 2.18. The summed E-state index contributed by atoms with van der Waals surface area (Å²) < 4.78 is 43.0. The van der Waals surface area contributed by atoms with Crippen LogP contribution < -0.4 is 0 Å². The number of likely N-dealkylation sites (N-methyl/N-ethyl adjacent to an activating group) is 1. The lowest BCUT2D eigenvalue weighted by Crippen LogP contribution is -2.44. The van der Waals surface area contributed by atoms with Crippen molar-refractivity contribution in [2.45, 2.75) is 25.5 Å². The zero-order valence-corrected chi connectivity index (χ0v) is 16.2. The number of esters is 1. The molecular formula is C18H20FN3O5S. The van der Waals surface area contributed by atoms with E-state index in [0.717, 1.165) is 0 Å². The first-order valence-corrected chi connectivity index (χ1v) is 10.5. The molecule has 1 saturated heterocycles. The van der Waals surface area contributed by atoms with Gasteiger partial charge in [-0.05, 0) is 37.6 Å². The predicted octanol–water partition coefficient (Wildman–Crippen LogP) is 1.20. The van der Waals surface area contributed by atoms with E-state index in [0.29, 0.717) is 12.1 Å². The zero-order chi connectivity index (χ0) is 20.5. The van der Waals surface area contributed by atoms with Gasteiger partial charge in [-0.1, -0.05) is 0 Å². The number of amides is 1. The summed E-state index contributed by atoms with van der Waals surface area (Å²) in [7, 11) is -1.64. The van der Waals surface area contributed by atoms with E-state index in [1.165, 1.54) is 60.2 Å². The van der Waals surface area contributed by atoms with Gasteiger partial charge in [-0.3, -0.25) is 9.36 Å². The van der Waals surface area contributed by atoms with Crippen LogP contribution in [0.4, 0.5) is 4.39 Å². The number of sulfone groups is 1. The van der Waals surface area contributed by atoms with Crippen LogP contribution in [-0.4, -0.2) is 65.4 Å². The number of nitrogens with zero attached hydrogens (tertiary/aromatic N) is 3. The van der Waals surface area contributed by atoms with E-state index in [2.05, 4.69) is 4.98 Å². The molecule has 1 fully saturated rings. The Kier molecular flexibility index (Phi) is 5.50. The average Bonchev–Trinajstić information content (AvgIpc) is 3.27. The highest BCUT2D eigenvalue weighted by Gasteiger charge is 2.35. The molecule has 10 heteroatoms. The molecule has 1 aliphatic rings. The Morgan fingerprint density at radius 3 is 2.61 bits per heavy atom. The Bertz CT molecular complexity index is 987.